The highest BCUT2D eigenvalue weighted by atomic mass is 14.5. The summed E-state index contributed by atoms with van der Waals surface area (Å²) in [6.07, 6.45) is 10.3. The predicted molar refractivity (Wildman–Crippen MR) is 80.6 cm³/mol. The second-order valence-electron chi connectivity index (χ2n) is 7.88. The quantitative estimate of drug-likeness (QED) is 0.584. The van der Waals surface area contributed by atoms with Gasteiger partial charge in [0.2, 0.25) is 0 Å². The maximum Gasteiger partial charge on any atom is -0.0267 e. The standard InChI is InChI=1S/C18H34/c1-6-7-13(2)16-10-11-17-14(3)8-9-15(4)18(17,5)12-16/h13-17H,6-12H2,1-5H3. The molecule has 106 valence electrons. The van der Waals surface area contributed by atoms with Crippen molar-refractivity contribution in [2.75, 3.05) is 0 Å². The second-order valence-corrected chi connectivity index (χ2v) is 7.88. The Labute approximate surface area is 115 Å². The third-order valence-electron chi connectivity index (χ3n) is 6.81. The number of hydrogen-bond acceptors (Lipinski definition) is 0. The summed E-state index contributed by atoms with van der Waals surface area (Å²) in [5, 5.41) is 0. The molecule has 0 aliphatic heterocycles. The van der Waals surface area contributed by atoms with Crippen molar-refractivity contribution in [3.8, 4) is 0 Å². The minimum absolute atomic E-state index is 0.655. The lowest BCUT2D eigenvalue weighted by Gasteiger charge is -2.55. The van der Waals surface area contributed by atoms with Crippen LogP contribution in [0.1, 0.15) is 79.6 Å². The zero-order chi connectivity index (χ0) is 13.3. The molecule has 2 fully saturated rings. The first-order valence-electron chi connectivity index (χ1n) is 8.49. The lowest BCUT2D eigenvalue weighted by atomic mass is 9.50. The molecule has 0 spiro atoms. The zero-order valence-corrected chi connectivity index (χ0v) is 13.3. The van der Waals surface area contributed by atoms with Crippen LogP contribution >= 0.6 is 0 Å². The van der Waals surface area contributed by atoms with Gasteiger partial charge in [-0.15, -0.1) is 0 Å². The Morgan fingerprint density at radius 3 is 2.50 bits per heavy atom. The number of fused-ring (bicyclic) bond motifs is 1. The Morgan fingerprint density at radius 1 is 1.11 bits per heavy atom. The van der Waals surface area contributed by atoms with Crippen LogP contribution in [0.2, 0.25) is 0 Å². The van der Waals surface area contributed by atoms with Gasteiger partial charge in [-0.05, 0) is 60.7 Å². The first kappa shape index (κ1) is 14.4. The van der Waals surface area contributed by atoms with Crippen LogP contribution < -0.4 is 0 Å². The Morgan fingerprint density at radius 2 is 1.83 bits per heavy atom. The van der Waals surface area contributed by atoms with E-state index in [2.05, 4.69) is 34.6 Å². The van der Waals surface area contributed by atoms with Gasteiger partial charge in [0, 0.05) is 0 Å². The van der Waals surface area contributed by atoms with Gasteiger partial charge < -0.3 is 0 Å². The fourth-order valence-electron chi connectivity index (χ4n) is 5.26. The van der Waals surface area contributed by atoms with E-state index in [4.69, 9.17) is 0 Å². The molecule has 18 heavy (non-hydrogen) atoms. The van der Waals surface area contributed by atoms with E-state index in [9.17, 15) is 0 Å². The highest BCUT2D eigenvalue weighted by Crippen LogP contribution is 2.57. The van der Waals surface area contributed by atoms with E-state index in [1.807, 2.05) is 0 Å². The molecule has 0 bridgehead atoms. The van der Waals surface area contributed by atoms with Crippen LogP contribution in [0, 0.1) is 35.0 Å². The minimum atomic E-state index is 0.655. The van der Waals surface area contributed by atoms with E-state index >= 15 is 0 Å². The van der Waals surface area contributed by atoms with E-state index in [1.165, 1.54) is 44.9 Å². The third kappa shape index (κ3) is 2.49. The summed E-state index contributed by atoms with van der Waals surface area (Å²) in [6.45, 7) is 12.5. The summed E-state index contributed by atoms with van der Waals surface area (Å²) >= 11 is 0. The molecular weight excluding hydrogens is 216 g/mol. The van der Waals surface area contributed by atoms with E-state index in [0.29, 0.717) is 5.41 Å². The minimum Gasteiger partial charge on any atom is -0.0654 e. The van der Waals surface area contributed by atoms with Gasteiger partial charge in [-0.25, -0.2) is 0 Å². The smallest absolute Gasteiger partial charge is 0.0267 e. The van der Waals surface area contributed by atoms with E-state index in [1.54, 1.807) is 0 Å². The normalized spacial score (nSPS) is 46.5. The third-order valence-corrected chi connectivity index (χ3v) is 6.81. The molecule has 0 nitrogen and oxygen atoms in total. The average Bonchev–Trinajstić information content (AvgIpc) is 2.34. The molecule has 2 aliphatic rings. The Balaban J connectivity index is 2.09. The summed E-state index contributed by atoms with van der Waals surface area (Å²) in [5.74, 6) is 4.92. The summed E-state index contributed by atoms with van der Waals surface area (Å²) in [4.78, 5) is 0. The van der Waals surface area contributed by atoms with Crippen LogP contribution in [0.4, 0.5) is 0 Å². The fourth-order valence-corrected chi connectivity index (χ4v) is 5.26. The van der Waals surface area contributed by atoms with E-state index in [-0.39, 0.29) is 0 Å². The lowest BCUT2D eigenvalue weighted by Crippen LogP contribution is -2.46. The fraction of sp³-hybridized carbons (Fsp3) is 1.00. The Kier molecular flexibility index (Phi) is 4.44. The van der Waals surface area contributed by atoms with Gasteiger partial charge in [0.15, 0.2) is 0 Å². The van der Waals surface area contributed by atoms with Gasteiger partial charge in [0.25, 0.3) is 0 Å². The Hall–Kier alpha value is 0. The van der Waals surface area contributed by atoms with Gasteiger partial charge >= 0.3 is 0 Å². The first-order valence-corrected chi connectivity index (χ1v) is 8.49. The molecule has 0 N–H and O–H groups in total. The lowest BCUT2D eigenvalue weighted by molar-refractivity contribution is -0.0543. The molecular formula is C18H34. The predicted octanol–water partition coefficient (Wildman–Crippen LogP) is 5.91. The van der Waals surface area contributed by atoms with Crippen molar-refractivity contribution in [2.45, 2.75) is 79.6 Å². The summed E-state index contributed by atoms with van der Waals surface area (Å²) < 4.78 is 0. The molecule has 6 atom stereocenters. The molecule has 6 unspecified atom stereocenters. The average molecular weight is 250 g/mol. The Bertz CT molecular complexity index is 269. The molecule has 0 aromatic heterocycles. The van der Waals surface area contributed by atoms with Gasteiger partial charge in [0.1, 0.15) is 0 Å². The second kappa shape index (κ2) is 5.55. The molecule has 0 amide bonds. The molecule has 0 aromatic carbocycles. The molecule has 0 aromatic rings. The summed E-state index contributed by atoms with van der Waals surface area (Å²) in [7, 11) is 0. The molecule has 2 saturated carbocycles. The van der Waals surface area contributed by atoms with Crippen molar-refractivity contribution < 1.29 is 0 Å². The number of hydrogen-bond donors (Lipinski definition) is 0. The van der Waals surface area contributed by atoms with Gasteiger partial charge in [-0.1, -0.05) is 53.9 Å². The van der Waals surface area contributed by atoms with Crippen molar-refractivity contribution in [3.63, 3.8) is 0 Å². The molecule has 2 aliphatic carbocycles. The molecule has 0 heteroatoms. The maximum absolute atomic E-state index is 2.63. The van der Waals surface area contributed by atoms with Gasteiger partial charge in [-0.3, -0.25) is 0 Å². The SMILES string of the molecule is CCCC(C)C1CCC2C(C)CCC(C)C2(C)C1. The highest BCUT2D eigenvalue weighted by Gasteiger charge is 2.48. The van der Waals surface area contributed by atoms with Crippen LogP contribution in [0.15, 0.2) is 0 Å². The first-order chi connectivity index (χ1) is 8.49. The van der Waals surface area contributed by atoms with Crippen molar-refractivity contribution >= 4 is 0 Å². The van der Waals surface area contributed by atoms with Crippen LogP contribution in [0.25, 0.3) is 0 Å². The largest absolute Gasteiger partial charge is 0.0654 e. The highest BCUT2D eigenvalue weighted by molar-refractivity contribution is 4.98. The van der Waals surface area contributed by atoms with Crippen molar-refractivity contribution in [3.05, 3.63) is 0 Å². The van der Waals surface area contributed by atoms with Gasteiger partial charge in [-0.2, -0.15) is 0 Å². The monoisotopic (exact) mass is 250 g/mol. The van der Waals surface area contributed by atoms with E-state index < -0.39 is 0 Å². The van der Waals surface area contributed by atoms with E-state index in [0.717, 1.165) is 29.6 Å². The summed E-state index contributed by atoms with van der Waals surface area (Å²) in [6, 6.07) is 0. The van der Waals surface area contributed by atoms with Crippen molar-refractivity contribution in [1.29, 1.82) is 0 Å². The number of rotatable bonds is 3. The molecule has 0 heterocycles. The zero-order valence-electron chi connectivity index (χ0n) is 13.3. The van der Waals surface area contributed by atoms with Crippen LogP contribution in [-0.2, 0) is 0 Å². The molecule has 2 rings (SSSR count). The maximum atomic E-state index is 2.63. The van der Waals surface area contributed by atoms with Crippen molar-refractivity contribution in [2.24, 2.45) is 35.0 Å². The van der Waals surface area contributed by atoms with Crippen LogP contribution in [0.5, 0.6) is 0 Å². The van der Waals surface area contributed by atoms with Crippen LogP contribution in [-0.4, -0.2) is 0 Å². The van der Waals surface area contributed by atoms with Crippen molar-refractivity contribution in [1.82, 2.24) is 0 Å². The van der Waals surface area contributed by atoms with Gasteiger partial charge in [0.05, 0.1) is 0 Å². The topological polar surface area (TPSA) is 0 Å². The molecule has 0 saturated heterocycles. The molecule has 0 radical (unpaired) electrons. The summed E-state index contributed by atoms with van der Waals surface area (Å²) in [5.41, 5.74) is 0.655. The van der Waals surface area contributed by atoms with Crippen LogP contribution in [0.3, 0.4) is 0 Å².